The van der Waals surface area contributed by atoms with Crippen LogP contribution >= 0.6 is 0 Å². The molecule has 0 bridgehead atoms. The number of hydrogen-bond acceptors (Lipinski definition) is 4. The number of carbonyl (C=O) groups excluding carboxylic acids is 2. The Morgan fingerprint density at radius 2 is 1.83 bits per heavy atom. The third-order valence-electron chi connectivity index (χ3n) is 3.39. The van der Waals surface area contributed by atoms with Crippen LogP contribution in [0, 0.1) is 11.3 Å². The summed E-state index contributed by atoms with van der Waals surface area (Å²) >= 11 is 0. The average Bonchev–Trinajstić information content (AvgIpc) is 2.60. The Morgan fingerprint density at radius 3 is 2.42 bits per heavy atom. The minimum absolute atomic E-state index is 0.151. The van der Waals surface area contributed by atoms with Crippen LogP contribution in [-0.4, -0.2) is 25.5 Å². The third-order valence-corrected chi connectivity index (χ3v) is 3.39. The van der Waals surface area contributed by atoms with Gasteiger partial charge in [0.2, 0.25) is 11.8 Å². The van der Waals surface area contributed by atoms with Crippen molar-refractivity contribution < 1.29 is 14.3 Å². The number of amides is 2. The SMILES string of the molecule is COc1ccc(N(CC(=O)Nc2ccccc2C#N)C(C)=O)cc1. The third kappa shape index (κ3) is 4.11. The lowest BCUT2D eigenvalue weighted by Crippen LogP contribution is -2.36. The van der Waals surface area contributed by atoms with Gasteiger partial charge in [0.1, 0.15) is 18.4 Å². The Hall–Kier alpha value is -3.33. The van der Waals surface area contributed by atoms with Gasteiger partial charge in [0.05, 0.1) is 18.4 Å². The van der Waals surface area contributed by atoms with Gasteiger partial charge in [-0.15, -0.1) is 0 Å². The highest BCUT2D eigenvalue weighted by molar-refractivity contribution is 6.02. The molecule has 0 unspecified atom stereocenters. The fraction of sp³-hybridized carbons (Fsp3) is 0.167. The molecule has 0 aliphatic heterocycles. The molecule has 0 saturated carbocycles. The normalized spacial score (nSPS) is 9.71. The Bertz CT molecular complexity index is 779. The minimum Gasteiger partial charge on any atom is -0.497 e. The summed E-state index contributed by atoms with van der Waals surface area (Å²) in [5.41, 5.74) is 1.37. The molecule has 0 aliphatic carbocycles. The molecule has 0 heterocycles. The molecule has 6 heteroatoms. The Labute approximate surface area is 140 Å². The first-order valence-corrected chi connectivity index (χ1v) is 7.26. The van der Waals surface area contributed by atoms with Crippen molar-refractivity contribution in [3.63, 3.8) is 0 Å². The highest BCUT2D eigenvalue weighted by Crippen LogP contribution is 2.20. The van der Waals surface area contributed by atoms with Crippen molar-refractivity contribution in [3.05, 3.63) is 54.1 Å². The largest absolute Gasteiger partial charge is 0.497 e. The Balaban J connectivity index is 2.14. The van der Waals surface area contributed by atoms with Crippen LogP contribution in [0.5, 0.6) is 5.75 Å². The van der Waals surface area contributed by atoms with Gasteiger partial charge >= 0.3 is 0 Å². The van der Waals surface area contributed by atoms with E-state index in [-0.39, 0.29) is 18.4 Å². The van der Waals surface area contributed by atoms with Crippen LogP contribution in [-0.2, 0) is 9.59 Å². The molecule has 0 spiro atoms. The van der Waals surface area contributed by atoms with Gasteiger partial charge in [-0.2, -0.15) is 5.26 Å². The molecule has 0 aliphatic rings. The maximum Gasteiger partial charge on any atom is 0.244 e. The highest BCUT2D eigenvalue weighted by Gasteiger charge is 2.16. The first-order valence-electron chi connectivity index (χ1n) is 7.26. The van der Waals surface area contributed by atoms with Crippen LogP contribution in [0.3, 0.4) is 0 Å². The summed E-state index contributed by atoms with van der Waals surface area (Å²) in [7, 11) is 1.55. The number of nitrogens with one attached hydrogen (secondary N) is 1. The van der Waals surface area contributed by atoms with Crippen LogP contribution in [0.4, 0.5) is 11.4 Å². The molecule has 2 aromatic carbocycles. The zero-order valence-electron chi connectivity index (χ0n) is 13.4. The number of benzene rings is 2. The van der Waals surface area contributed by atoms with E-state index < -0.39 is 0 Å². The van der Waals surface area contributed by atoms with Crippen LogP contribution in [0.15, 0.2) is 48.5 Å². The molecule has 1 N–H and O–H groups in total. The van der Waals surface area contributed by atoms with E-state index in [0.717, 1.165) is 0 Å². The molecule has 0 fully saturated rings. The van der Waals surface area contributed by atoms with Gasteiger partial charge in [-0.1, -0.05) is 12.1 Å². The number of nitriles is 1. The smallest absolute Gasteiger partial charge is 0.244 e. The first kappa shape index (κ1) is 17.0. The molecule has 0 radical (unpaired) electrons. The van der Waals surface area contributed by atoms with Crippen molar-refractivity contribution in [3.8, 4) is 11.8 Å². The molecule has 0 saturated heterocycles. The molecule has 0 aromatic heterocycles. The van der Waals surface area contributed by atoms with E-state index in [4.69, 9.17) is 10.00 Å². The van der Waals surface area contributed by atoms with Crippen LogP contribution < -0.4 is 15.0 Å². The van der Waals surface area contributed by atoms with Gasteiger partial charge in [0.15, 0.2) is 0 Å². The maximum absolute atomic E-state index is 12.3. The average molecular weight is 323 g/mol. The number of methoxy groups -OCH3 is 1. The summed E-state index contributed by atoms with van der Waals surface area (Å²) in [4.78, 5) is 25.5. The lowest BCUT2D eigenvalue weighted by molar-refractivity contribution is -0.120. The van der Waals surface area contributed by atoms with Crippen LogP contribution in [0.2, 0.25) is 0 Å². The number of nitrogens with zero attached hydrogens (tertiary/aromatic N) is 2. The molecule has 2 amide bonds. The molecule has 0 atom stereocenters. The molecule has 122 valence electrons. The van der Waals surface area contributed by atoms with E-state index in [9.17, 15) is 9.59 Å². The number of hydrogen-bond donors (Lipinski definition) is 1. The predicted molar refractivity (Wildman–Crippen MR) is 90.8 cm³/mol. The Kier molecular flexibility index (Phi) is 5.53. The summed E-state index contributed by atoms with van der Waals surface area (Å²) in [6.07, 6.45) is 0. The van der Waals surface area contributed by atoms with Crippen molar-refractivity contribution in [1.82, 2.24) is 0 Å². The summed E-state index contributed by atoms with van der Waals surface area (Å²) in [6.45, 7) is 1.24. The van der Waals surface area contributed by atoms with Gasteiger partial charge in [0, 0.05) is 12.6 Å². The molecule has 6 nitrogen and oxygen atoms in total. The standard InChI is InChI=1S/C18H17N3O3/c1-13(22)21(15-7-9-16(24-2)10-8-15)12-18(23)20-17-6-4-3-5-14(17)11-19/h3-10H,12H2,1-2H3,(H,20,23). The minimum atomic E-state index is -0.385. The van der Waals surface area contributed by atoms with E-state index in [2.05, 4.69) is 5.32 Å². The van der Waals surface area contributed by atoms with E-state index in [1.54, 1.807) is 55.6 Å². The van der Waals surface area contributed by atoms with Crippen LogP contribution in [0.1, 0.15) is 12.5 Å². The maximum atomic E-state index is 12.3. The van der Waals surface area contributed by atoms with Crippen molar-refractivity contribution in [2.45, 2.75) is 6.92 Å². The zero-order valence-corrected chi connectivity index (χ0v) is 13.4. The lowest BCUT2D eigenvalue weighted by atomic mass is 10.2. The van der Waals surface area contributed by atoms with Gasteiger partial charge < -0.3 is 15.0 Å². The molecular formula is C18H17N3O3. The fourth-order valence-electron chi connectivity index (χ4n) is 2.17. The number of ether oxygens (including phenoxy) is 1. The molecule has 2 aromatic rings. The molecular weight excluding hydrogens is 306 g/mol. The van der Waals surface area contributed by atoms with E-state index >= 15 is 0 Å². The van der Waals surface area contributed by atoms with Crippen LogP contribution in [0.25, 0.3) is 0 Å². The first-order chi connectivity index (χ1) is 11.5. The summed E-state index contributed by atoms with van der Waals surface area (Å²) < 4.78 is 5.08. The van der Waals surface area contributed by atoms with Gasteiger partial charge in [-0.25, -0.2) is 0 Å². The van der Waals surface area contributed by atoms with E-state index in [1.807, 2.05) is 6.07 Å². The molecule has 24 heavy (non-hydrogen) atoms. The van der Waals surface area contributed by atoms with Crippen molar-refractivity contribution in [1.29, 1.82) is 5.26 Å². The zero-order chi connectivity index (χ0) is 17.5. The monoisotopic (exact) mass is 323 g/mol. The lowest BCUT2D eigenvalue weighted by Gasteiger charge is -2.21. The topological polar surface area (TPSA) is 82.4 Å². The highest BCUT2D eigenvalue weighted by atomic mass is 16.5. The van der Waals surface area contributed by atoms with Crippen molar-refractivity contribution in [2.75, 3.05) is 23.9 Å². The summed E-state index contributed by atoms with van der Waals surface area (Å²) in [5.74, 6) is 0.0160. The van der Waals surface area contributed by atoms with Crippen molar-refractivity contribution >= 4 is 23.2 Å². The van der Waals surface area contributed by atoms with Gasteiger partial charge in [-0.3, -0.25) is 9.59 Å². The predicted octanol–water partition coefficient (Wildman–Crippen LogP) is 2.56. The quantitative estimate of drug-likeness (QED) is 0.916. The van der Waals surface area contributed by atoms with E-state index in [1.165, 1.54) is 11.8 Å². The fourth-order valence-corrected chi connectivity index (χ4v) is 2.17. The molecule has 2 rings (SSSR count). The second-order valence-corrected chi connectivity index (χ2v) is 5.01. The summed E-state index contributed by atoms with van der Waals surface area (Å²) in [5, 5.41) is 11.7. The second-order valence-electron chi connectivity index (χ2n) is 5.01. The second kappa shape index (κ2) is 7.79. The summed E-state index contributed by atoms with van der Waals surface area (Å²) in [6, 6.07) is 15.5. The Morgan fingerprint density at radius 1 is 1.17 bits per heavy atom. The number of para-hydroxylation sites is 1. The van der Waals surface area contributed by atoms with Gasteiger partial charge in [-0.05, 0) is 36.4 Å². The number of anilines is 2. The number of carbonyl (C=O) groups is 2. The van der Waals surface area contributed by atoms with Crippen molar-refractivity contribution in [2.24, 2.45) is 0 Å². The van der Waals surface area contributed by atoms with Gasteiger partial charge in [0.25, 0.3) is 0 Å². The number of rotatable bonds is 5. The van der Waals surface area contributed by atoms with E-state index in [0.29, 0.717) is 22.7 Å².